The van der Waals surface area contributed by atoms with Crippen LogP contribution in [0.1, 0.15) is 25.8 Å². The maximum atomic E-state index is 11.8. The molecule has 0 saturated carbocycles. The average molecular weight is 239 g/mol. The summed E-state index contributed by atoms with van der Waals surface area (Å²) >= 11 is 0. The van der Waals surface area contributed by atoms with Gasteiger partial charge in [-0.05, 0) is 31.4 Å². The zero-order valence-corrected chi connectivity index (χ0v) is 10.7. The molecule has 1 unspecified atom stereocenters. The van der Waals surface area contributed by atoms with Gasteiger partial charge in [0.15, 0.2) is 0 Å². The molecule has 0 aromatic heterocycles. The molecule has 0 fully saturated rings. The minimum absolute atomic E-state index is 0.181. The zero-order valence-electron chi connectivity index (χ0n) is 9.84. The van der Waals surface area contributed by atoms with Crippen LogP contribution < -0.4 is 0 Å². The lowest BCUT2D eigenvalue weighted by atomic mass is 10.1. The summed E-state index contributed by atoms with van der Waals surface area (Å²) in [5.41, 5.74) is 1.03. The highest BCUT2D eigenvalue weighted by Crippen LogP contribution is 2.13. The molecule has 4 heteroatoms. The third-order valence-corrected chi connectivity index (χ3v) is 3.68. The normalized spacial score (nSPS) is 14.2. The molecule has 88 valence electrons. The van der Waals surface area contributed by atoms with Gasteiger partial charge in [-0.3, -0.25) is 0 Å². The predicted molar refractivity (Wildman–Crippen MR) is 66.3 cm³/mol. The highest BCUT2D eigenvalue weighted by Gasteiger charge is 2.11. The summed E-state index contributed by atoms with van der Waals surface area (Å²) in [4.78, 5) is 0.248. The Morgan fingerprint density at radius 3 is 2.38 bits per heavy atom. The fourth-order valence-corrected chi connectivity index (χ4v) is 2.03. The molecule has 0 aliphatic rings. The molecule has 16 heavy (non-hydrogen) atoms. The zero-order chi connectivity index (χ0) is 12.2. The second kappa shape index (κ2) is 5.25. The predicted octanol–water partition coefficient (Wildman–Crippen LogP) is 2.80. The van der Waals surface area contributed by atoms with Gasteiger partial charge in [0.2, 0.25) is 0 Å². The van der Waals surface area contributed by atoms with Crippen molar-refractivity contribution < 1.29 is 8.42 Å². The van der Waals surface area contributed by atoms with Crippen LogP contribution >= 0.6 is 0 Å². The Morgan fingerprint density at radius 2 is 1.88 bits per heavy atom. The van der Waals surface area contributed by atoms with E-state index in [2.05, 4.69) is 4.40 Å². The van der Waals surface area contributed by atoms with Crippen molar-refractivity contribution in [1.82, 2.24) is 0 Å². The molecule has 1 aromatic carbocycles. The summed E-state index contributed by atoms with van der Waals surface area (Å²) in [6, 6.07) is 6.70. The largest absolute Gasteiger partial charge is 0.281 e. The third-order valence-electron chi connectivity index (χ3n) is 2.42. The SMILES string of the molecule is CCC(C)/C=N/S(=O)(=O)c1ccc(C)cc1. The van der Waals surface area contributed by atoms with Gasteiger partial charge in [0, 0.05) is 6.21 Å². The first-order valence-electron chi connectivity index (χ1n) is 5.33. The Balaban J connectivity index is 2.94. The van der Waals surface area contributed by atoms with E-state index in [-0.39, 0.29) is 10.8 Å². The van der Waals surface area contributed by atoms with Gasteiger partial charge >= 0.3 is 0 Å². The Bertz CT molecular complexity index is 460. The molecule has 0 radical (unpaired) electrons. The fraction of sp³-hybridized carbons (Fsp3) is 0.417. The maximum Gasteiger partial charge on any atom is 0.281 e. The maximum absolute atomic E-state index is 11.8. The van der Waals surface area contributed by atoms with Crippen LogP contribution in [0.4, 0.5) is 0 Å². The first kappa shape index (κ1) is 12.9. The van der Waals surface area contributed by atoms with Crippen LogP contribution in [0.25, 0.3) is 0 Å². The second-order valence-corrected chi connectivity index (χ2v) is 5.56. The first-order valence-corrected chi connectivity index (χ1v) is 6.77. The number of hydrogen-bond acceptors (Lipinski definition) is 2. The lowest BCUT2D eigenvalue weighted by molar-refractivity contribution is 0.597. The number of benzene rings is 1. The Kier molecular flexibility index (Phi) is 4.24. The minimum Gasteiger partial charge on any atom is -0.199 e. The first-order chi connectivity index (χ1) is 7.45. The second-order valence-electron chi connectivity index (χ2n) is 3.93. The number of aryl methyl sites for hydroxylation is 1. The van der Waals surface area contributed by atoms with Gasteiger partial charge < -0.3 is 0 Å². The van der Waals surface area contributed by atoms with Gasteiger partial charge in [-0.1, -0.05) is 31.5 Å². The fourth-order valence-electron chi connectivity index (χ4n) is 1.06. The van der Waals surface area contributed by atoms with E-state index < -0.39 is 10.0 Å². The van der Waals surface area contributed by atoms with Crippen molar-refractivity contribution in [1.29, 1.82) is 0 Å². The van der Waals surface area contributed by atoms with E-state index in [0.29, 0.717) is 0 Å². The van der Waals surface area contributed by atoms with E-state index in [9.17, 15) is 8.42 Å². The van der Waals surface area contributed by atoms with Gasteiger partial charge in [-0.2, -0.15) is 12.8 Å². The molecule has 0 aliphatic heterocycles. The van der Waals surface area contributed by atoms with Gasteiger partial charge in [0.1, 0.15) is 0 Å². The molecular formula is C12H17NO2S. The molecule has 0 amide bonds. The Morgan fingerprint density at radius 1 is 1.31 bits per heavy atom. The van der Waals surface area contributed by atoms with Crippen molar-refractivity contribution in [3.05, 3.63) is 29.8 Å². The Hall–Kier alpha value is -1.16. The van der Waals surface area contributed by atoms with E-state index in [1.165, 1.54) is 6.21 Å². The summed E-state index contributed by atoms with van der Waals surface area (Å²) in [5, 5.41) is 0. The molecule has 0 aliphatic carbocycles. The summed E-state index contributed by atoms with van der Waals surface area (Å²) in [6.45, 7) is 5.85. The van der Waals surface area contributed by atoms with Gasteiger partial charge in [-0.25, -0.2) is 0 Å². The van der Waals surface area contributed by atoms with Crippen molar-refractivity contribution in [3.63, 3.8) is 0 Å². The topological polar surface area (TPSA) is 46.5 Å². The van der Waals surface area contributed by atoms with Crippen LogP contribution in [0.2, 0.25) is 0 Å². The van der Waals surface area contributed by atoms with Crippen molar-refractivity contribution in [3.8, 4) is 0 Å². The van der Waals surface area contributed by atoms with Crippen LogP contribution in [0, 0.1) is 12.8 Å². The average Bonchev–Trinajstić information content (AvgIpc) is 2.26. The van der Waals surface area contributed by atoms with E-state index >= 15 is 0 Å². The number of nitrogens with zero attached hydrogens (tertiary/aromatic N) is 1. The van der Waals surface area contributed by atoms with Gasteiger partial charge in [0.05, 0.1) is 4.90 Å². The Labute approximate surface area is 97.3 Å². The molecule has 1 rings (SSSR count). The highest BCUT2D eigenvalue weighted by atomic mass is 32.2. The van der Waals surface area contributed by atoms with Gasteiger partial charge in [-0.15, -0.1) is 0 Å². The molecule has 0 bridgehead atoms. The third kappa shape index (κ3) is 3.45. The highest BCUT2D eigenvalue weighted by molar-refractivity contribution is 7.90. The smallest absolute Gasteiger partial charge is 0.199 e. The van der Waals surface area contributed by atoms with Crippen molar-refractivity contribution in [2.75, 3.05) is 0 Å². The quantitative estimate of drug-likeness (QED) is 0.758. The molecule has 1 aromatic rings. The van der Waals surface area contributed by atoms with Crippen molar-refractivity contribution in [2.45, 2.75) is 32.1 Å². The molecule has 0 saturated heterocycles. The van der Waals surface area contributed by atoms with Gasteiger partial charge in [0.25, 0.3) is 10.0 Å². The van der Waals surface area contributed by atoms with E-state index in [0.717, 1.165) is 12.0 Å². The number of rotatable bonds is 4. The monoisotopic (exact) mass is 239 g/mol. The summed E-state index contributed by atoms with van der Waals surface area (Å²) in [6.07, 6.45) is 2.38. The summed E-state index contributed by atoms with van der Waals surface area (Å²) in [5.74, 6) is 0.181. The van der Waals surface area contributed by atoms with E-state index in [4.69, 9.17) is 0 Å². The molecular weight excluding hydrogens is 222 g/mol. The van der Waals surface area contributed by atoms with Crippen LogP contribution in [0.5, 0.6) is 0 Å². The lowest BCUT2D eigenvalue weighted by Crippen LogP contribution is -2.00. The molecule has 3 nitrogen and oxygen atoms in total. The van der Waals surface area contributed by atoms with Crippen LogP contribution in [0.15, 0.2) is 33.6 Å². The van der Waals surface area contributed by atoms with Crippen LogP contribution in [0.3, 0.4) is 0 Å². The van der Waals surface area contributed by atoms with Crippen molar-refractivity contribution in [2.24, 2.45) is 10.3 Å². The van der Waals surface area contributed by atoms with Crippen LogP contribution in [-0.2, 0) is 10.0 Å². The van der Waals surface area contributed by atoms with Crippen molar-refractivity contribution >= 4 is 16.2 Å². The van der Waals surface area contributed by atoms with E-state index in [1.807, 2.05) is 20.8 Å². The summed E-state index contributed by atoms with van der Waals surface area (Å²) < 4.78 is 27.2. The molecule has 0 spiro atoms. The van der Waals surface area contributed by atoms with Crippen LogP contribution in [-0.4, -0.2) is 14.6 Å². The molecule has 0 N–H and O–H groups in total. The molecule has 0 heterocycles. The number of hydrogen-bond donors (Lipinski definition) is 0. The lowest BCUT2D eigenvalue weighted by Gasteiger charge is -2.01. The minimum atomic E-state index is -3.51. The van der Waals surface area contributed by atoms with E-state index in [1.54, 1.807) is 24.3 Å². The standard InChI is InChI=1S/C12H17NO2S/c1-4-10(2)9-13-16(14,15)12-7-5-11(3)6-8-12/h5-10H,4H2,1-3H3/b13-9+. The summed E-state index contributed by atoms with van der Waals surface area (Å²) in [7, 11) is -3.51. The number of sulfonamides is 1. The molecule has 1 atom stereocenters.